The molecule has 0 heterocycles. The fourth-order valence-electron chi connectivity index (χ4n) is 0. The normalized spacial score (nSPS) is 8.29. The van der Waals surface area contributed by atoms with Gasteiger partial charge in [-0.1, -0.05) is 0 Å². The van der Waals surface area contributed by atoms with Crippen LogP contribution in [0.25, 0.3) is 0 Å². The van der Waals surface area contributed by atoms with E-state index in [9.17, 15) is 0 Å². The van der Waals surface area contributed by atoms with Crippen LogP contribution in [-0.2, 0) is 40.3 Å². The molecule has 0 aliphatic rings. The summed E-state index contributed by atoms with van der Waals surface area (Å²) in [4.78, 5) is 0. The standard InChI is InChI=1S/Co.Mo.H2O.4O/h;;1H2;;;;/q+2;;;;;2*-1. The molecule has 0 fully saturated rings. The van der Waals surface area contributed by atoms with Gasteiger partial charge < -0.3 is 5.48 Å². The third-order valence-electron chi connectivity index (χ3n) is 0. The summed E-state index contributed by atoms with van der Waals surface area (Å²) in [6, 6.07) is 0. The Morgan fingerprint density at radius 3 is 1.14 bits per heavy atom. The molecule has 0 rings (SSSR count). The molecule has 7 heavy (non-hydrogen) atoms. The van der Waals surface area contributed by atoms with Crippen LogP contribution in [0.5, 0.6) is 0 Å². The molecule has 0 unspecified atom stereocenters. The maximum atomic E-state index is 8.63. The number of rotatable bonds is 0. The molecule has 5 nitrogen and oxygen atoms in total. The van der Waals surface area contributed by atoms with Gasteiger partial charge in [-0.25, -0.2) is 0 Å². The molecule has 0 amide bonds. The first-order valence-electron chi connectivity index (χ1n) is 0.667. The summed E-state index contributed by atoms with van der Waals surface area (Å²) in [6.07, 6.45) is 0. The molecular formula is H2CoMoO5. The quantitative estimate of drug-likeness (QED) is 0.407. The van der Waals surface area contributed by atoms with E-state index in [-0.39, 0.29) is 22.3 Å². The molecule has 0 bridgehead atoms. The molecule has 7 heteroatoms. The molecule has 1 radical (unpaired) electrons. The van der Waals surface area contributed by atoms with E-state index < -0.39 is 16.7 Å². The van der Waals surface area contributed by atoms with Crippen molar-refractivity contribution in [1.82, 2.24) is 0 Å². The minimum atomic E-state index is -6.02. The van der Waals surface area contributed by atoms with Crippen LogP contribution >= 0.6 is 0 Å². The average molecular weight is 237 g/mol. The second kappa shape index (κ2) is 4.82. The van der Waals surface area contributed by atoms with Crippen LogP contribution in [0.2, 0.25) is 0 Å². The second-order valence-corrected chi connectivity index (χ2v) is 2.42. The van der Waals surface area contributed by atoms with Gasteiger partial charge in [0.1, 0.15) is 0 Å². The van der Waals surface area contributed by atoms with Crippen LogP contribution in [0, 0.1) is 0 Å². The molecule has 47 valence electrons. The van der Waals surface area contributed by atoms with E-state index in [0.717, 1.165) is 0 Å². The SMILES string of the molecule is O.[Co+2].[O]=[Mo](=[O])([O-])[O-]. The van der Waals surface area contributed by atoms with Crippen molar-refractivity contribution < 1.29 is 53.3 Å². The summed E-state index contributed by atoms with van der Waals surface area (Å²) in [5, 5.41) is 0. The van der Waals surface area contributed by atoms with Crippen LogP contribution in [0.3, 0.4) is 0 Å². The third-order valence-corrected chi connectivity index (χ3v) is 0. The Hall–Kier alpha value is 0.675. The summed E-state index contributed by atoms with van der Waals surface area (Å²) in [6.45, 7) is 0. The molecule has 2 N–H and O–H groups in total. The van der Waals surface area contributed by atoms with E-state index >= 15 is 0 Å². The first-order valence-corrected chi connectivity index (χ1v) is 3.94. The second-order valence-electron chi connectivity index (χ2n) is 0.408. The molecule has 0 atom stereocenters. The van der Waals surface area contributed by atoms with Crippen molar-refractivity contribution in [1.29, 1.82) is 0 Å². The van der Waals surface area contributed by atoms with Gasteiger partial charge in [-0.05, 0) is 0 Å². The molecule has 0 aromatic rings. The van der Waals surface area contributed by atoms with E-state index in [4.69, 9.17) is 14.3 Å². The van der Waals surface area contributed by atoms with Crippen LogP contribution < -0.4 is 7.52 Å². The Labute approximate surface area is 53.6 Å². The molecular weight excluding hydrogens is 235 g/mol. The molecule has 0 aliphatic carbocycles. The first kappa shape index (κ1) is 15.6. The Morgan fingerprint density at radius 2 is 1.14 bits per heavy atom. The van der Waals surface area contributed by atoms with Crippen LogP contribution in [-0.4, -0.2) is 5.48 Å². The van der Waals surface area contributed by atoms with Gasteiger partial charge in [-0.15, -0.1) is 0 Å². The van der Waals surface area contributed by atoms with Crippen molar-refractivity contribution in [3.05, 3.63) is 0 Å². The van der Waals surface area contributed by atoms with E-state index in [0.29, 0.717) is 0 Å². The van der Waals surface area contributed by atoms with Gasteiger partial charge in [0.25, 0.3) is 0 Å². The van der Waals surface area contributed by atoms with Crippen LogP contribution in [0.4, 0.5) is 0 Å². The van der Waals surface area contributed by atoms with Gasteiger partial charge >= 0.3 is 47.8 Å². The number of hydrogen-bond acceptors (Lipinski definition) is 4. The van der Waals surface area contributed by atoms with Crippen LogP contribution in [0.1, 0.15) is 0 Å². The fourth-order valence-corrected chi connectivity index (χ4v) is 0. The van der Waals surface area contributed by atoms with Gasteiger partial charge in [0.2, 0.25) is 0 Å². The van der Waals surface area contributed by atoms with E-state index in [1.54, 1.807) is 0 Å². The number of hydrogen-bond donors (Lipinski definition) is 0. The average Bonchev–Trinajstić information content (AvgIpc) is 0.722. The Morgan fingerprint density at radius 1 is 1.14 bits per heavy atom. The molecule has 0 aromatic carbocycles. The molecule has 0 saturated heterocycles. The molecule has 0 aromatic heterocycles. The maximum absolute atomic E-state index is 8.63. The van der Waals surface area contributed by atoms with E-state index in [1.807, 2.05) is 0 Å². The summed E-state index contributed by atoms with van der Waals surface area (Å²) >= 11 is -6.02. The molecule has 0 spiro atoms. The van der Waals surface area contributed by atoms with Crippen molar-refractivity contribution >= 4 is 0 Å². The van der Waals surface area contributed by atoms with Gasteiger partial charge in [0.05, 0.1) is 0 Å². The predicted molar refractivity (Wildman–Crippen MR) is 4.99 cm³/mol. The van der Waals surface area contributed by atoms with Gasteiger partial charge in [0, 0.05) is 0 Å². The van der Waals surface area contributed by atoms with Crippen molar-refractivity contribution in [2.75, 3.05) is 0 Å². The summed E-state index contributed by atoms with van der Waals surface area (Å²) in [7, 11) is 0. The summed E-state index contributed by atoms with van der Waals surface area (Å²) in [5.74, 6) is 0. The summed E-state index contributed by atoms with van der Waals surface area (Å²) in [5.41, 5.74) is 0. The van der Waals surface area contributed by atoms with Gasteiger partial charge in [-0.2, -0.15) is 0 Å². The van der Waals surface area contributed by atoms with E-state index in [2.05, 4.69) is 0 Å². The van der Waals surface area contributed by atoms with Crippen molar-refractivity contribution in [3.8, 4) is 0 Å². The van der Waals surface area contributed by atoms with Crippen molar-refractivity contribution in [2.24, 2.45) is 0 Å². The third kappa shape index (κ3) is 320. The van der Waals surface area contributed by atoms with Crippen molar-refractivity contribution in [3.63, 3.8) is 0 Å². The van der Waals surface area contributed by atoms with Gasteiger partial charge in [0.15, 0.2) is 0 Å². The Kier molecular flexibility index (Phi) is 10.8. The van der Waals surface area contributed by atoms with Crippen molar-refractivity contribution in [2.45, 2.75) is 0 Å². The van der Waals surface area contributed by atoms with Crippen LogP contribution in [0.15, 0.2) is 0 Å². The van der Waals surface area contributed by atoms with Gasteiger partial charge in [-0.3, -0.25) is 0 Å². The zero-order chi connectivity index (χ0) is 4.50. The zero-order valence-corrected chi connectivity index (χ0v) is 5.92. The summed E-state index contributed by atoms with van der Waals surface area (Å²) < 4.78 is 34.5. The minimum absolute atomic E-state index is 0. The Balaban J connectivity index is -0.0000000800. The fraction of sp³-hybridized carbons (Fsp3) is 0. The predicted octanol–water partition coefficient (Wildman–Crippen LogP) is -3.45. The topological polar surface area (TPSA) is 112 Å². The van der Waals surface area contributed by atoms with E-state index in [1.165, 1.54) is 0 Å². The Bertz CT molecular complexity index is 91.2. The zero-order valence-electron chi connectivity index (χ0n) is 2.87. The first-order chi connectivity index (χ1) is 2.00. The monoisotopic (exact) mass is 239 g/mol. The molecule has 0 saturated carbocycles. The molecule has 0 aliphatic heterocycles.